The van der Waals surface area contributed by atoms with E-state index < -0.39 is 0 Å². The van der Waals surface area contributed by atoms with Gasteiger partial charge in [-0.05, 0) is 19.3 Å². The zero-order valence-corrected chi connectivity index (χ0v) is 6.70. The summed E-state index contributed by atoms with van der Waals surface area (Å²) in [5.41, 5.74) is -0.301. The van der Waals surface area contributed by atoms with Crippen LogP contribution in [0.15, 0.2) is 12.4 Å². The second-order valence-electron chi connectivity index (χ2n) is 3.34. The molecule has 12 heavy (non-hydrogen) atoms. The van der Waals surface area contributed by atoms with Gasteiger partial charge in [0.2, 0.25) is 0 Å². The van der Waals surface area contributed by atoms with E-state index in [-0.39, 0.29) is 18.0 Å². The first-order valence-electron chi connectivity index (χ1n) is 4.08. The average molecular weight is 170 g/mol. The summed E-state index contributed by atoms with van der Waals surface area (Å²) in [6.45, 7) is 0.0497. The molecule has 2 rings (SSSR count). The highest BCUT2D eigenvalue weighted by Gasteiger charge is 2.38. The Balaban J connectivity index is 2.27. The molecule has 0 spiro atoms. The second-order valence-corrected chi connectivity index (χ2v) is 3.34. The van der Waals surface area contributed by atoms with Gasteiger partial charge in [-0.1, -0.05) is 0 Å². The molecule has 0 bridgehead atoms. The summed E-state index contributed by atoms with van der Waals surface area (Å²) in [5, 5.41) is 13.0. The number of hydrogen-bond acceptors (Lipinski definition) is 2. The van der Waals surface area contributed by atoms with Crippen molar-refractivity contribution in [2.75, 3.05) is 6.61 Å². The third-order valence-corrected chi connectivity index (χ3v) is 2.62. The molecule has 0 radical (unpaired) electrons. The maximum atomic E-state index is 12.6. The number of aliphatic hydroxyl groups is 1. The molecule has 1 aliphatic rings. The van der Waals surface area contributed by atoms with Gasteiger partial charge in [0.05, 0.1) is 24.5 Å². The summed E-state index contributed by atoms with van der Waals surface area (Å²) >= 11 is 0. The van der Waals surface area contributed by atoms with Crippen molar-refractivity contribution in [1.29, 1.82) is 0 Å². The molecule has 1 aromatic heterocycles. The van der Waals surface area contributed by atoms with Crippen LogP contribution in [-0.4, -0.2) is 21.5 Å². The van der Waals surface area contributed by atoms with E-state index in [9.17, 15) is 4.39 Å². The Kier molecular flexibility index (Phi) is 1.65. The highest BCUT2D eigenvalue weighted by molar-refractivity contribution is 4.97. The maximum Gasteiger partial charge on any atom is 0.161 e. The molecular formula is C8H11FN2O. The van der Waals surface area contributed by atoms with Crippen LogP contribution in [0.5, 0.6) is 0 Å². The monoisotopic (exact) mass is 170 g/mol. The van der Waals surface area contributed by atoms with Crippen LogP contribution in [0.2, 0.25) is 0 Å². The van der Waals surface area contributed by atoms with E-state index in [1.807, 2.05) is 0 Å². The first kappa shape index (κ1) is 7.73. The van der Waals surface area contributed by atoms with Gasteiger partial charge >= 0.3 is 0 Å². The lowest BCUT2D eigenvalue weighted by molar-refractivity contribution is 0.0435. The smallest absolute Gasteiger partial charge is 0.161 e. The summed E-state index contributed by atoms with van der Waals surface area (Å²) < 4.78 is 14.1. The SMILES string of the molecule is OCC1(n2cc(F)cn2)CCC1. The molecule has 0 aromatic carbocycles. The van der Waals surface area contributed by atoms with Crippen molar-refractivity contribution >= 4 is 0 Å². The Hall–Kier alpha value is -0.900. The van der Waals surface area contributed by atoms with Crippen LogP contribution in [-0.2, 0) is 5.54 Å². The lowest BCUT2D eigenvalue weighted by atomic mass is 9.77. The molecule has 1 heterocycles. The molecular weight excluding hydrogens is 159 g/mol. The summed E-state index contributed by atoms with van der Waals surface area (Å²) in [5.74, 6) is -0.338. The topological polar surface area (TPSA) is 38.0 Å². The molecule has 0 atom stereocenters. The minimum Gasteiger partial charge on any atom is -0.394 e. The molecule has 0 saturated heterocycles. The largest absolute Gasteiger partial charge is 0.394 e. The lowest BCUT2D eigenvalue weighted by Gasteiger charge is -2.40. The molecule has 1 aromatic rings. The van der Waals surface area contributed by atoms with Gasteiger partial charge in [0.15, 0.2) is 5.82 Å². The minimum atomic E-state index is -0.338. The minimum absolute atomic E-state index is 0.0497. The molecule has 4 heteroatoms. The van der Waals surface area contributed by atoms with Crippen molar-refractivity contribution in [3.63, 3.8) is 0 Å². The number of halogens is 1. The quantitative estimate of drug-likeness (QED) is 0.715. The highest BCUT2D eigenvalue weighted by atomic mass is 19.1. The third-order valence-electron chi connectivity index (χ3n) is 2.62. The highest BCUT2D eigenvalue weighted by Crippen LogP contribution is 2.37. The van der Waals surface area contributed by atoms with Gasteiger partial charge in [-0.15, -0.1) is 0 Å². The van der Waals surface area contributed by atoms with E-state index in [4.69, 9.17) is 5.11 Å². The van der Waals surface area contributed by atoms with Crippen molar-refractivity contribution in [2.24, 2.45) is 0 Å². The van der Waals surface area contributed by atoms with Crippen LogP contribution in [0.4, 0.5) is 4.39 Å². The molecule has 0 aliphatic heterocycles. The fourth-order valence-corrected chi connectivity index (χ4v) is 1.60. The summed E-state index contributed by atoms with van der Waals surface area (Å²) in [6.07, 6.45) is 5.39. The average Bonchev–Trinajstić information content (AvgIpc) is 2.35. The standard InChI is InChI=1S/C8H11FN2O/c9-7-4-10-11(5-7)8(6-12)2-1-3-8/h4-5,12H,1-3,6H2. The van der Waals surface area contributed by atoms with E-state index in [2.05, 4.69) is 5.10 Å². The van der Waals surface area contributed by atoms with Crippen molar-refractivity contribution in [2.45, 2.75) is 24.8 Å². The zero-order chi connectivity index (χ0) is 8.60. The lowest BCUT2D eigenvalue weighted by Crippen LogP contribution is -2.44. The van der Waals surface area contributed by atoms with Crippen LogP contribution in [0.25, 0.3) is 0 Å². The van der Waals surface area contributed by atoms with Gasteiger partial charge in [0, 0.05) is 0 Å². The summed E-state index contributed by atoms with van der Waals surface area (Å²) in [4.78, 5) is 0. The van der Waals surface area contributed by atoms with Gasteiger partial charge in [-0.2, -0.15) is 5.10 Å². The normalized spacial score (nSPS) is 20.5. The Labute approximate surface area is 69.8 Å². The number of hydrogen-bond donors (Lipinski definition) is 1. The van der Waals surface area contributed by atoms with E-state index in [0.717, 1.165) is 19.3 Å². The Morgan fingerprint density at radius 1 is 1.67 bits per heavy atom. The van der Waals surface area contributed by atoms with Crippen molar-refractivity contribution in [1.82, 2.24) is 9.78 Å². The third kappa shape index (κ3) is 0.948. The van der Waals surface area contributed by atoms with Crippen LogP contribution < -0.4 is 0 Å². The number of aromatic nitrogens is 2. The summed E-state index contributed by atoms with van der Waals surface area (Å²) in [7, 11) is 0. The van der Waals surface area contributed by atoms with Gasteiger partial charge in [0.25, 0.3) is 0 Å². The Morgan fingerprint density at radius 3 is 2.75 bits per heavy atom. The predicted molar refractivity (Wildman–Crippen MR) is 41.1 cm³/mol. The number of rotatable bonds is 2. The predicted octanol–water partition coefficient (Wildman–Crippen LogP) is 0.894. The molecule has 1 N–H and O–H groups in total. The molecule has 0 unspecified atom stereocenters. The van der Waals surface area contributed by atoms with Gasteiger partial charge < -0.3 is 5.11 Å². The molecule has 3 nitrogen and oxygen atoms in total. The maximum absolute atomic E-state index is 12.6. The summed E-state index contributed by atoms with van der Waals surface area (Å²) in [6, 6.07) is 0. The van der Waals surface area contributed by atoms with Crippen molar-refractivity contribution in [3.05, 3.63) is 18.2 Å². The molecule has 1 saturated carbocycles. The zero-order valence-electron chi connectivity index (χ0n) is 6.70. The van der Waals surface area contributed by atoms with Crippen molar-refractivity contribution < 1.29 is 9.50 Å². The van der Waals surface area contributed by atoms with Crippen LogP contribution in [0, 0.1) is 5.82 Å². The molecule has 1 fully saturated rings. The van der Waals surface area contributed by atoms with Crippen LogP contribution in [0.3, 0.4) is 0 Å². The van der Waals surface area contributed by atoms with Crippen molar-refractivity contribution in [3.8, 4) is 0 Å². The Morgan fingerprint density at radius 2 is 2.42 bits per heavy atom. The van der Waals surface area contributed by atoms with E-state index in [0.29, 0.717) is 0 Å². The first-order valence-corrected chi connectivity index (χ1v) is 4.08. The fraction of sp³-hybridized carbons (Fsp3) is 0.625. The van der Waals surface area contributed by atoms with Gasteiger partial charge in [-0.3, -0.25) is 4.68 Å². The Bertz CT molecular complexity index is 275. The van der Waals surface area contributed by atoms with E-state index in [1.54, 1.807) is 4.68 Å². The van der Waals surface area contributed by atoms with Gasteiger partial charge in [-0.25, -0.2) is 4.39 Å². The van der Waals surface area contributed by atoms with Gasteiger partial charge in [0.1, 0.15) is 0 Å². The van der Waals surface area contributed by atoms with Crippen LogP contribution in [0.1, 0.15) is 19.3 Å². The van der Waals surface area contributed by atoms with E-state index >= 15 is 0 Å². The molecule has 1 aliphatic carbocycles. The molecule has 66 valence electrons. The number of aliphatic hydroxyl groups excluding tert-OH is 1. The first-order chi connectivity index (χ1) is 5.77. The van der Waals surface area contributed by atoms with E-state index in [1.165, 1.54) is 12.4 Å². The second kappa shape index (κ2) is 2.55. The number of nitrogens with zero attached hydrogens (tertiary/aromatic N) is 2. The van der Waals surface area contributed by atoms with Crippen LogP contribution >= 0.6 is 0 Å². The molecule has 0 amide bonds. The fourth-order valence-electron chi connectivity index (χ4n) is 1.60.